The van der Waals surface area contributed by atoms with Crippen LogP contribution in [0.3, 0.4) is 0 Å². The van der Waals surface area contributed by atoms with E-state index in [0.717, 1.165) is 20.8 Å². The summed E-state index contributed by atoms with van der Waals surface area (Å²) in [6, 6.07) is 51.0. The summed E-state index contributed by atoms with van der Waals surface area (Å²) in [5.41, 5.74) is 5.67. The Hall–Kier alpha value is -3.61. The van der Waals surface area contributed by atoms with Crippen LogP contribution in [0, 0.1) is 0 Å². The number of halogens is 2. The van der Waals surface area contributed by atoms with E-state index < -0.39 is 0 Å². The summed E-state index contributed by atoms with van der Waals surface area (Å²) >= 11 is 14.1. The minimum atomic E-state index is 0.194. The van der Waals surface area contributed by atoms with Gasteiger partial charge in [0.1, 0.15) is 0 Å². The van der Waals surface area contributed by atoms with E-state index in [4.69, 9.17) is 23.2 Å². The Bertz CT molecular complexity index is 2260. The molecule has 50 heavy (non-hydrogen) atoms. The molecule has 0 aromatic heterocycles. The molecule has 0 aliphatic rings. The maximum absolute atomic E-state index is 6.38. The Kier molecular flexibility index (Phi) is 10.8. The van der Waals surface area contributed by atoms with Crippen LogP contribution in [0.5, 0.6) is 0 Å². The fourth-order valence-electron chi connectivity index (χ4n) is 6.38. The van der Waals surface area contributed by atoms with Gasteiger partial charge in [0.25, 0.3) is 0 Å². The smallest absolute Gasteiger partial charge is 0.172 e. The third-order valence-corrected chi connectivity index (χ3v) is 11.3. The largest absolute Gasteiger partial charge is 0.214 e. The molecule has 3 heteroatoms. The van der Waals surface area contributed by atoms with Crippen LogP contribution in [0.2, 0.25) is 10.0 Å². The van der Waals surface area contributed by atoms with Gasteiger partial charge in [-0.25, -0.2) is 12.1 Å². The van der Waals surface area contributed by atoms with Crippen LogP contribution in [0.4, 0.5) is 0 Å². The van der Waals surface area contributed by atoms with E-state index in [1.54, 1.807) is 0 Å². The zero-order valence-corrected chi connectivity index (χ0v) is 33.6. The molecular weight excluding hydrogens is 727 g/mol. The molecule has 0 saturated heterocycles. The van der Waals surface area contributed by atoms with Crippen molar-refractivity contribution in [2.45, 2.75) is 52.4 Å². The Balaban J connectivity index is 0.000000153. The van der Waals surface area contributed by atoms with Crippen molar-refractivity contribution < 1.29 is 24.2 Å². The fraction of sp³-hybridized carbons (Fsp3) is 0.170. The van der Waals surface area contributed by atoms with E-state index in [1.807, 2.05) is 54.6 Å². The minimum Gasteiger partial charge on any atom is -0.214 e. The Labute approximate surface area is 321 Å². The predicted molar refractivity (Wildman–Crippen MR) is 218 cm³/mol. The summed E-state index contributed by atoms with van der Waals surface area (Å²) in [6.45, 7) is 13.7. The molecule has 0 nitrogen and oxygen atoms in total. The summed E-state index contributed by atoms with van der Waals surface area (Å²) in [5.74, 6) is 0. The maximum atomic E-state index is 6.38. The van der Waals surface area contributed by atoms with Gasteiger partial charge in [-0.05, 0) is 10.8 Å². The van der Waals surface area contributed by atoms with Gasteiger partial charge in [0, 0.05) is 0 Å². The van der Waals surface area contributed by atoms with Crippen LogP contribution in [0.15, 0.2) is 146 Å². The molecule has 0 aliphatic carbocycles. The first-order valence-corrected chi connectivity index (χ1v) is 19.1. The average molecular weight is 769 g/mol. The molecule has 0 bridgehead atoms. The van der Waals surface area contributed by atoms with E-state index in [-0.39, 0.29) is 10.8 Å². The SMILES string of the molecule is CC(C)(C)c1ccc2[cH-]c3ccc(C(C)(C)C)cc3c2c1.Clc1cccc2c([C](=[Zr+2])c3cccc4c(Cl)cccc34)cccc12.c1cc[cH-]c1. The molecule has 0 atom stereocenters. The van der Waals surface area contributed by atoms with Crippen LogP contribution in [-0.4, -0.2) is 3.21 Å². The van der Waals surface area contributed by atoms with Gasteiger partial charge in [0.05, 0.1) is 0 Å². The second-order valence-electron chi connectivity index (χ2n) is 14.9. The van der Waals surface area contributed by atoms with E-state index in [1.165, 1.54) is 82.0 Å². The topological polar surface area (TPSA) is 0 Å². The molecule has 0 saturated carbocycles. The molecule has 0 fully saturated rings. The molecule has 0 unspecified atom stereocenters. The van der Waals surface area contributed by atoms with Gasteiger partial charge in [-0.3, -0.25) is 0 Å². The average Bonchev–Trinajstić information content (AvgIpc) is 3.79. The Morgan fingerprint density at radius 1 is 0.480 bits per heavy atom. The van der Waals surface area contributed by atoms with Crippen LogP contribution in [0.1, 0.15) is 63.8 Å². The van der Waals surface area contributed by atoms with Crippen molar-refractivity contribution in [2.24, 2.45) is 0 Å². The first kappa shape index (κ1) is 36.2. The Morgan fingerprint density at radius 3 is 1.26 bits per heavy atom. The summed E-state index contributed by atoms with van der Waals surface area (Å²) in [6.07, 6.45) is 0. The van der Waals surface area contributed by atoms with Crippen molar-refractivity contribution in [2.75, 3.05) is 0 Å². The van der Waals surface area contributed by atoms with E-state index in [0.29, 0.717) is 0 Å². The summed E-state index contributed by atoms with van der Waals surface area (Å²) in [4.78, 5) is 0. The minimum absolute atomic E-state index is 0.194. The summed E-state index contributed by atoms with van der Waals surface area (Å²) in [5, 5.41) is 11.6. The summed E-state index contributed by atoms with van der Waals surface area (Å²) < 4.78 is 1.31. The van der Waals surface area contributed by atoms with Gasteiger partial charge >= 0.3 is 166 Å². The maximum Gasteiger partial charge on any atom is -0.172 e. The molecule has 0 heterocycles. The van der Waals surface area contributed by atoms with Crippen molar-refractivity contribution in [3.05, 3.63) is 178 Å². The van der Waals surface area contributed by atoms with Gasteiger partial charge in [0.15, 0.2) is 0 Å². The van der Waals surface area contributed by atoms with Gasteiger partial charge in [-0.2, -0.15) is 18.2 Å². The van der Waals surface area contributed by atoms with E-state index >= 15 is 0 Å². The molecule has 8 aromatic carbocycles. The molecule has 8 aromatic rings. The third kappa shape index (κ3) is 7.82. The van der Waals surface area contributed by atoms with Crippen molar-refractivity contribution in [1.29, 1.82) is 0 Å². The van der Waals surface area contributed by atoms with Crippen molar-refractivity contribution in [3.8, 4) is 0 Å². The molecular formula is C47H42Cl2Zr. The zero-order chi connectivity index (χ0) is 35.6. The van der Waals surface area contributed by atoms with Crippen molar-refractivity contribution in [3.63, 3.8) is 0 Å². The van der Waals surface area contributed by atoms with Gasteiger partial charge in [-0.15, -0.1) is 39.7 Å². The van der Waals surface area contributed by atoms with Crippen molar-refractivity contribution in [1.82, 2.24) is 0 Å². The van der Waals surface area contributed by atoms with Crippen LogP contribution in [-0.2, 0) is 35.1 Å². The second kappa shape index (κ2) is 14.9. The standard InChI is InChI=1S/C21H12Cl2.C21H25.C5H5.Zr/c22-20-11-3-7-16-14(5-1-9-18(16)20)13-15-6-2-10-19-17(15)8-4-12-21(19)23;1-20(2,3)16-9-7-14-11-15-8-10-17(21(4,5)6)13-19(15)18(14)12-16;1-2-4-5-3-1;/h1-12H;7-13H,1-6H3;1-5H;/q;2*-1;+2. The van der Waals surface area contributed by atoms with Gasteiger partial charge in [-0.1, -0.05) is 76.9 Å². The number of hydrogen-bond acceptors (Lipinski definition) is 0. The second-order valence-corrected chi connectivity index (χ2v) is 16.9. The van der Waals surface area contributed by atoms with Crippen molar-refractivity contribution >= 4 is 69.5 Å². The number of fused-ring (bicyclic) bond motifs is 5. The number of rotatable bonds is 2. The molecule has 0 N–H and O–H groups in total. The molecule has 8 rings (SSSR count). The normalized spacial score (nSPS) is 11.7. The Morgan fingerprint density at radius 2 is 0.880 bits per heavy atom. The number of hydrogen-bond donors (Lipinski definition) is 0. The third-order valence-electron chi connectivity index (χ3n) is 9.27. The first-order valence-electron chi connectivity index (χ1n) is 17.1. The van der Waals surface area contributed by atoms with Gasteiger partial charge < -0.3 is 0 Å². The van der Waals surface area contributed by atoms with Crippen LogP contribution in [0.25, 0.3) is 43.1 Å². The van der Waals surface area contributed by atoms with E-state index in [2.05, 4.69) is 133 Å². The van der Waals surface area contributed by atoms with E-state index in [9.17, 15) is 0 Å². The fourth-order valence-corrected chi connectivity index (χ4v) is 7.92. The molecule has 248 valence electrons. The molecule has 0 aliphatic heterocycles. The summed E-state index contributed by atoms with van der Waals surface area (Å²) in [7, 11) is 0. The zero-order valence-electron chi connectivity index (χ0n) is 29.6. The quantitative estimate of drug-likeness (QED) is 0.154. The molecule has 0 spiro atoms. The van der Waals surface area contributed by atoms with Crippen LogP contribution < -0.4 is 0 Å². The monoisotopic (exact) mass is 766 g/mol. The first-order chi connectivity index (χ1) is 23.8. The predicted octanol–water partition coefficient (Wildman–Crippen LogP) is 14.1. The number of benzene rings is 6. The van der Waals surface area contributed by atoms with Crippen LogP contribution >= 0.6 is 23.2 Å². The molecule has 0 amide bonds. The van der Waals surface area contributed by atoms with Gasteiger partial charge in [0.2, 0.25) is 0 Å². The molecule has 0 radical (unpaired) electrons.